The molecule has 1 aliphatic carbocycles. The maximum atomic E-state index is 12.8. The molecule has 1 aromatic carbocycles. The number of benzene rings is 1. The number of hydrogen-bond donors (Lipinski definition) is 2. The van der Waals surface area contributed by atoms with Gasteiger partial charge in [0, 0.05) is 12.1 Å². The maximum absolute atomic E-state index is 12.8. The van der Waals surface area contributed by atoms with E-state index in [4.69, 9.17) is 0 Å². The number of aliphatic hydroxyl groups is 1. The number of carbonyl (C=O) groups is 1. The highest BCUT2D eigenvalue weighted by atomic mass is 16.3. The van der Waals surface area contributed by atoms with Crippen molar-refractivity contribution in [2.45, 2.75) is 43.6 Å². The highest BCUT2D eigenvalue weighted by molar-refractivity contribution is 5.94. The van der Waals surface area contributed by atoms with E-state index in [2.05, 4.69) is 27.5 Å². The van der Waals surface area contributed by atoms with Crippen LogP contribution in [-0.2, 0) is 5.60 Å². The molecule has 0 bridgehead atoms. The molecule has 6 heteroatoms. The Hall–Kier alpha value is -2.21. The van der Waals surface area contributed by atoms with Gasteiger partial charge in [0.15, 0.2) is 0 Å². The summed E-state index contributed by atoms with van der Waals surface area (Å²) in [5.41, 5.74) is 1.39. The summed E-state index contributed by atoms with van der Waals surface area (Å²) < 4.78 is 0. The molecular formula is C18H22N4O2. The van der Waals surface area contributed by atoms with Gasteiger partial charge < -0.3 is 10.0 Å². The van der Waals surface area contributed by atoms with Crippen molar-refractivity contribution in [2.24, 2.45) is 0 Å². The third-order valence-electron chi connectivity index (χ3n) is 5.38. The largest absolute Gasteiger partial charge is 0.382 e. The number of aromatic amines is 1. The first kappa shape index (κ1) is 15.3. The van der Waals surface area contributed by atoms with Crippen molar-refractivity contribution in [2.75, 3.05) is 13.1 Å². The lowest BCUT2D eigenvalue weighted by molar-refractivity contribution is -0.0320. The summed E-state index contributed by atoms with van der Waals surface area (Å²) in [5, 5.41) is 21.1. The number of aromatic nitrogens is 3. The van der Waals surface area contributed by atoms with Crippen LogP contribution >= 0.6 is 0 Å². The van der Waals surface area contributed by atoms with Crippen molar-refractivity contribution in [1.82, 2.24) is 20.3 Å². The summed E-state index contributed by atoms with van der Waals surface area (Å²) in [4.78, 5) is 14.5. The van der Waals surface area contributed by atoms with E-state index in [9.17, 15) is 9.90 Å². The molecule has 0 radical (unpaired) electrons. The van der Waals surface area contributed by atoms with E-state index in [1.807, 2.05) is 12.1 Å². The molecule has 126 valence electrons. The zero-order valence-corrected chi connectivity index (χ0v) is 13.6. The zero-order valence-electron chi connectivity index (χ0n) is 13.6. The fraction of sp³-hybridized carbons (Fsp3) is 0.500. The molecule has 2 aromatic rings. The lowest BCUT2D eigenvalue weighted by atomic mass is 9.80. The van der Waals surface area contributed by atoms with Crippen LogP contribution in [0.25, 0.3) is 0 Å². The van der Waals surface area contributed by atoms with Crippen LogP contribution in [0.1, 0.15) is 59.6 Å². The lowest BCUT2D eigenvalue weighted by Gasteiger charge is -2.38. The second-order valence-electron chi connectivity index (χ2n) is 6.97. The van der Waals surface area contributed by atoms with Crippen LogP contribution in [-0.4, -0.2) is 44.4 Å². The van der Waals surface area contributed by atoms with Crippen LogP contribution in [0.4, 0.5) is 0 Å². The van der Waals surface area contributed by atoms with Crippen LogP contribution in [0.2, 0.25) is 0 Å². The van der Waals surface area contributed by atoms with E-state index in [0.717, 1.165) is 6.42 Å². The number of carbonyl (C=O) groups excluding carboxylic acids is 1. The van der Waals surface area contributed by atoms with E-state index in [1.165, 1.54) is 31.0 Å². The molecule has 1 saturated carbocycles. The average molecular weight is 326 g/mol. The Morgan fingerprint density at radius 2 is 2.04 bits per heavy atom. The van der Waals surface area contributed by atoms with E-state index < -0.39 is 5.60 Å². The Morgan fingerprint density at radius 1 is 1.25 bits per heavy atom. The molecule has 1 aromatic heterocycles. The second kappa shape index (κ2) is 6.02. The molecule has 4 rings (SSSR count). The molecule has 0 spiro atoms. The van der Waals surface area contributed by atoms with Crippen molar-refractivity contribution in [1.29, 1.82) is 0 Å². The molecule has 6 nitrogen and oxygen atoms in total. The number of hydrogen-bond acceptors (Lipinski definition) is 4. The average Bonchev–Trinajstić information content (AvgIpc) is 3.09. The van der Waals surface area contributed by atoms with Gasteiger partial charge in [0.25, 0.3) is 5.91 Å². The number of nitrogens with one attached hydrogen (secondary N) is 1. The molecule has 1 aliphatic heterocycles. The fourth-order valence-electron chi connectivity index (χ4n) is 3.67. The van der Waals surface area contributed by atoms with Gasteiger partial charge in [-0.05, 0) is 49.3 Å². The van der Waals surface area contributed by atoms with Crippen LogP contribution in [0.3, 0.4) is 0 Å². The molecule has 2 fully saturated rings. The SMILES string of the molecule is O=C(c1ccc(C2CCC2)cc1)N1CCC[C@@](O)(c2cn[nH]n2)C1. The van der Waals surface area contributed by atoms with Gasteiger partial charge in [-0.2, -0.15) is 15.4 Å². The summed E-state index contributed by atoms with van der Waals surface area (Å²) in [5.74, 6) is 0.637. The van der Waals surface area contributed by atoms with E-state index >= 15 is 0 Å². The van der Waals surface area contributed by atoms with Gasteiger partial charge in [-0.25, -0.2) is 0 Å². The highest BCUT2D eigenvalue weighted by Crippen LogP contribution is 2.36. The predicted octanol–water partition coefficient (Wildman–Crippen LogP) is 2.20. The van der Waals surface area contributed by atoms with Crippen molar-refractivity contribution < 1.29 is 9.90 Å². The minimum Gasteiger partial charge on any atom is -0.382 e. The number of nitrogens with zero attached hydrogens (tertiary/aromatic N) is 3. The highest BCUT2D eigenvalue weighted by Gasteiger charge is 2.39. The summed E-state index contributed by atoms with van der Waals surface area (Å²) in [6.45, 7) is 0.909. The van der Waals surface area contributed by atoms with Crippen LogP contribution in [0.5, 0.6) is 0 Å². The van der Waals surface area contributed by atoms with Gasteiger partial charge in [-0.1, -0.05) is 18.6 Å². The molecule has 2 heterocycles. The van der Waals surface area contributed by atoms with Gasteiger partial charge in [-0.15, -0.1) is 0 Å². The Morgan fingerprint density at radius 3 is 2.67 bits per heavy atom. The Balaban J connectivity index is 1.49. The molecule has 1 atom stereocenters. The quantitative estimate of drug-likeness (QED) is 0.906. The fourth-order valence-corrected chi connectivity index (χ4v) is 3.67. The van der Waals surface area contributed by atoms with E-state index in [0.29, 0.717) is 30.1 Å². The van der Waals surface area contributed by atoms with Crippen molar-refractivity contribution in [3.05, 3.63) is 47.3 Å². The van der Waals surface area contributed by atoms with Gasteiger partial charge in [0.2, 0.25) is 0 Å². The third kappa shape index (κ3) is 2.71. The van der Waals surface area contributed by atoms with Crippen molar-refractivity contribution in [3.8, 4) is 0 Å². The first-order chi connectivity index (χ1) is 11.7. The van der Waals surface area contributed by atoms with Crippen LogP contribution < -0.4 is 0 Å². The van der Waals surface area contributed by atoms with Gasteiger partial charge in [-0.3, -0.25) is 4.79 Å². The number of β-amino-alcohol motifs (C(OH)–C–C–N with tert-alkyl or cyclic N) is 1. The summed E-state index contributed by atoms with van der Waals surface area (Å²) in [7, 11) is 0. The molecular weight excluding hydrogens is 304 g/mol. The van der Waals surface area contributed by atoms with E-state index in [-0.39, 0.29) is 12.5 Å². The molecule has 1 amide bonds. The third-order valence-corrected chi connectivity index (χ3v) is 5.38. The number of piperidine rings is 1. The minimum absolute atomic E-state index is 0.0308. The topological polar surface area (TPSA) is 82.1 Å². The summed E-state index contributed by atoms with van der Waals surface area (Å²) >= 11 is 0. The number of likely N-dealkylation sites (tertiary alicyclic amines) is 1. The van der Waals surface area contributed by atoms with Crippen molar-refractivity contribution >= 4 is 5.91 Å². The first-order valence-corrected chi connectivity index (χ1v) is 8.64. The van der Waals surface area contributed by atoms with Gasteiger partial charge in [0.1, 0.15) is 11.3 Å². The molecule has 0 unspecified atom stereocenters. The number of amides is 1. The Kier molecular flexibility index (Phi) is 3.84. The smallest absolute Gasteiger partial charge is 0.253 e. The normalized spacial score (nSPS) is 24.6. The zero-order chi connectivity index (χ0) is 16.6. The van der Waals surface area contributed by atoms with Crippen molar-refractivity contribution in [3.63, 3.8) is 0 Å². The Bertz CT molecular complexity index is 709. The van der Waals surface area contributed by atoms with Gasteiger partial charge in [0.05, 0.1) is 12.7 Å². The minimum atomic E-state index is -1.12. The standard InChI is InChI=1S/C18H22N4O2/c23-17(15-7-5-14(6-8-15)13-3-1-4-13)22-10-2-9-18(24,12-22)16-11-19-21-20-16/h5-8,11,13,24H,1-4,9-10,12H2,(H,19,20,21)/t18-/m0/s1. The first-order valence-electron chi connectivity index (χ1n) is 8.64. The Labute approximate surface area is 140 Å². The summed E-state index contributed by atoms with van der Waals surface area (Å²) in [6.07, 6.45) is 6.68. The van der Waals surface area contributed by atoms with Gasteiger partial charge >= 0.3 is 0 Å². The summed E-state index contributed by atoms with van der Waals surface area (Å²) in [6, 6.07) is 7.98. The number of rotatable bonds is 3. The monoisotopic (exact) mass is 326 g/mol. The molecule has 2 N–H and O–H groups in total. The lowest BCUT2D eigenvalue weighted by Crippen LogP contribution is -2.48. The molecule has 2 aliphatic rings. The molecule has 1 saturated heterocycles. The second-order valence-corrected chi connectivity index (χ2v) is 6.97. The molecule has 24 heavy (non-hydrogen) atoms. The van der Waals surface area contributed by atoms with E-state index in [1.54, 1.807) is 4.90 Å². The number of H-pyrrole nitrogens is 1. The predicted molar refractivity (Wildman–Crippen MR) is 88.5 cm³/mol. The van der Waals surface area contributed by atoms with Crippen LogP contribution in [0.15, 0.2) is 30.5 Å². The maximum Gasteiger partial charge on any atom is 0.253 e. The van der Waals surface area contributed by atoms with Crippen LogP contribution in [0, 0.1) is 0 Å².